The van der Waals surface area contributed by atoms with Crippen LogP contribution in [0.5, 0.6) is 11.6 Å². The summed E-state index contributed by atoms with van der Waals surface area (Å²) in [6.07, 6.45) is 3.35. The van der Waals surface area contributed by atoms with Gasteiger partial charge in [0.15, 0.2) is 5.65 Å². The molecule has 4 aromatic rings. The molecule has 0 bridgehead atoms. The Balaban J connectivity index is 1.59. The van der Waals surface area contributed by atoms with Crippen molar-refractivity contribution in [1.29, 1.82) is 0 Å². The van der Waals surface area contributed by atoms with Gasteiger partial charge in [0.05, 0.1) is 18.9 Å². The largest absolute Gasteiger partial charge is 0.437 e. The summed E-state index contributed by atoms with van der Waals surface area (Å²) in [5, 5.41) is 4.39. The Morgan fingerprint density at radius 3 is 2.54 bits per heavy atom. The van der Waals surface area contributed by atoms with Crippen molar-refractivity contribution in [3.8, 4) is 11.6 Å². The van der Waals surface area contributed by atoms with Crippen LogP contribution in [-0.2, 0) is 6.54 Å². The highest BCUT2D eigenvalue weighted by Crippen LogP contribution is 2.21. The minimum absolute atomic E-state index is 0.464. The van der Waals surface area contributed by atoms with E-state index in [1.54, 1.807) is 12.4 Å². The van der Waals surface area contributed by atoms with Crippen LogP contribution in [0, 0.1) is 6.92 Å². The van der Waals surface area contributed by atoms with Crippen LogP contribution in [0.4, 0.5) is 0 Å². The summed E-state index contributed by atoms with van der Waals surface area (Å²) in [6, 6.07) is 18.0. The third-order valence-corrected chi connectivity index (χ3v) is 3.74. The molecule has 0 atom stereocenters. The zero-order valence-electron chi connectivity index (χ0n) is 13.3. The SMILES string of the molecule is Cc1ccc(Oc2cnc3c(cnn3Cc3ccccc3)n2)cc1. The van der Waals surface area contributed by atoms with Gasteiger partial charge in [-0.2, -0.15) is 5.10 Å². The molecule has 0 aliphatic heterocycles. The molecule has 118 valence electrons. The predicted octanol–water partition coefficient (Wildman–Crippen LogP) is 3.98. The monoisotopic (exact) mass is 316 g/mol. The van der Waals surface area contributed by atoms with Crippen molar-refractivity contribution in [2.45, 2.75) is 13.5 Å². The summed E-state index contributed by atoms with van der Waals surface area (Å²) in [7, 11) is 0. The second kappa shape index (κ2) is 6.12. The lowest BCUT2D eigenvalue weighted by molar-refractivity contribution is 0.462. The van der Waals surface area contributed by atoms with Crippen molar-refractivity contribution in [2.75, 3.05) is 0 Å². The lowest BCUT2D eigenvalue weighted by Gasteiger charge is -2.05. The van der Waals surface area contributed by atoms with Crippen molar-refractivity contribution < 1.29 is 4.74 Å². The lowest BCUT2D eigenvalue weighted by atomic mass is 10.2. The van der Waals surface area contributed by atoms with Gasteiger partial charge in [-0.05, 0) is 24.6 Å². The van der Waals surface area contributed by atoms with E-state index >= 15 is 0 Å². The molecule has 0 spiro atoms. The molecular weight excluding hydrogens is 300 g/mol. The van der Waals surface area contributed by atoms with Crippen molar-refractivity contribution in [3.63, 3.8) is 0 Å². The summed E-state index contributed by atoms with van der Waals surface area (Å²) in [5.74, 6) is 1.21. The molecule has 5 heteroatoms. The molecule has 5 nitrogen and oxygen atoms in total. The van der Waals surface area contributed by atoms with Crippen molar-refractivity contribution in [1.82, 2.24) is 19.7 Å². The third kappa shape index (κ3) is 2.96. The van der Waals surface area contributed by atoms with Gasteiger partial charge in [-0.25, -0.2) is 14.6 Å². The van der Waals surface area contributed by atoms with Gasteiger partial charge < -0.3 is 4.74 Å². The van der Waals surface area contributed by atoms with Crippen LogP contribution in [0.3, 0.4) is 0 Å². The maximum atomic E-state index is 5.76. The summed E-state index contributed by atoms with van der Waals surface area (Å²) in [4.78, 5) is 8.95. The molecule has 0 amide bonds. The number of rotatable bonds is 4. The molecular formula is C19H16N4O. The van der Waals surface area contributed by atoms with E-state index in [0.29, 0.717) is 12.4 Å². The second-order valence-corrected chi connectivity index (χ2v) is 5.62. The highest BCUT2D eigenvalue weighted by Gasteiger charge is 2.08. The first kappa shape index (κ1) is 14.4. The molecule has 0 saturated carbocycles. The van der Waals surface area contributed by atoms with E-state index in [1.807, 2.05) is 54.1 Å². The van der Waals surface area contributed by atoms with E-state index in [2.05, 4.69) is 27.2 Å². The molecule has 0 fully saturated rings. The molecule has 0 saturated heterocycles. The molecule has 0 aliphatic rings. The fourth-order valence-electron chi connectivity index (χ4n) is 2.49. The maximum absolute atomic E-state index is 5.76. The summed E-state index contributed by atoms with van der Waals surface area (Å²) < 4.78 is 7.60. The highest BCUT2D eigenvalue weighted by atomic mass is 16.5. The number of hydrogen-bond acceptors (Lipinski definition) is 4. The van der Waals surface area contributed by atoms with Crippen molar-refractivity contribution >= 4 is 11.2 Å². The zero-order valence-corrected chi connectivity index (χ0v) is 13.3. The Morgan fingerprint density at radius 2 is 1.75 bits per heavy atom. The average Bonchev–Trinajstić information content (AvgIpc) is 3.00. The topological polar surface area (TPSA) is 52.8 Å². The normalized spacial score (nSPS) is 10.9. The Labute approximate surface area is 139 Å². The highest BCUT2D eigenvalue weighted by molar-refractivity contribution is 5.69. The van der Waals surface area contributed by atoms with Gasteiger partial charge in [0, 0.05) is 0 Å². The van der Waals surface area contributed by atoms with Crippen LogP contribution >= 0.6 is 0 Å². The minimum atomic E-state index is 0.464. The first-order valence-corrected chi connectivity index (χ1v) is 7.75. The third-order valence-electron chi connectivity index (χ3n) is 3.74. The Kier molecular flexibility index (Phi) is 3.67. The number of aromatic nitrogens is 4. The Morgan fingerprint density at radius 1 is 0.958 bits per heavy atom. The van der Waals surface area contributed by atoms with Crippen LogP contribution in [0.25, 0.3) is 11.2 Å². The average molecular weight is 316 g/mol. The molecule has 2 aromatic heterocycles. The van der Waals surface area contributed by atoms with Gasteiger partial charge >= 0.3 is 0 Å². The van der Waals surface area contributed by atoms with E-state index in [9.17, 15) is 0 Å². The van der Waals surface area contributed by atoms with E-state index < -0.39 is 0 Å². The van der Waals surface area contributed by atoms with Gasteiger partial charge in [0.1, 0.15) is 11.3 Å². The molecule has 0 N–H and O–H groups in total. The maximum Gasteiger partial charge on any atom is 0.238 e. The first-order valence-electron chi connectivity index (χ1n) is 7.75. The van der Waals surface area contributed by atoms with Crippen molar-refractivity contribution in [2.24, 2.45) is 0 Å². The number of nitrogens with zero attached hydrogens (tertiary/aromatic N) is 4. The molecule has 24 heavy (non-hydrogen) atoms. The molecule has 0 unspecified atom stereocenters. The van der Waals surface area contributed by atoms with Crippen LogP contribution in [-0.4, -0.2) is 19.7 Å². The van der Waals surface area contributed by atoms with Gasteiger partial charge in [0.25, 0.3) is 0 Å². The number of benzene rings is 2. The smallest absolute Gasteiger partial charge is 0.238 e. The summed E-state index contributed by atoms with van der Waals surface area (Å²) >= 11 is 0. The molecule has 0 radical (unpaired) electrons. The zero-order chi connectivity index (χ0) is 16.4. The van der Waals surface area contributed by atoms with Gasteiger partial charge in [0.2, 0.25) is 5.88 Å². The van der Waals surface area contributed by atoms with E-state index in [0.717, 1.165) is 16.9 Å². The fraction of sp³-hybridized carbons (Fsp3) is 0.105. The fourth-order valence-corrected chi connectivity index (χ4v) is 2.49. The molecule has 0 aliphatic carbocycles. The Bertz CT molecular complexity index is 962. The van der Waals surface area contributed by atoms with Crippen LogP contribution < -0.4 is 4.74 Å². The standard InChI is InChI=1S/C19H16N4O/c1-14-7-9-16(10-8-14)24-18-12-20-19-17(22-18)11-21-23(19)13-15-5-3-2-4-6-15/h2-12H,13H2,1H3. The lowest BCUT2D eigenvalue weighted by Crippen LogP contribution is -2.02. The molecule has 2 aromatic carbocycles. The number of fused-ring (bicyclic) bond motifs is 1. The number of hydrogen-bond donors (Lipinski definition) is 0. The first-order chi connectivity index (χ1) is 11.8. The molecule has 2 heterocycles. The van der Waals surface area contributed by atoms with Crippen molar-refractivity contribution in [3.05, 3.63) is 78.1 Å². The minimum Gasteiger partial charge on any atom is -0.437 e. The van der Waals surface area contributed by atoms with E-state index in [1.165, 1.54) is 11.1 Å². The van der Waals surface area contributed by atoms with Crippen LogP contribution in [0.1, 0.15) is 11.1 Å². The van der Waals surface area contributed by atoms with Gasteiger partial charge in [-0.1, -0.05) is 48.0 Å². The van der Waals surface area contributed by atoms with Crippen LogP contribution in [0.15, 0.2) is 67.0 Å². The molecule has 4 rings (SSSR count). The van der Waals surface area contributed by atoms with Gasteiger partial charge in [-0.3, -0.25) is 0 Å². The summed E-state index contributed by atoms with van der Waals surface area (Å²) in [5.41, 5.74) is 3.82. The van der Waals surface area contributed by atoms with E-state index in [4.69, 9.17) is 4.74 Å². The quantitative estimate of drug-likeness (QED) is 0.571. The number of ether oxygens (including phenoxy) is 1. The Hall–Kier alpha value is -3.21. The second-order valence-electron chi connectivity index (χ2n) is 5.62. The van der Waals surface area contributed by atoms with E-state index in [-0.39, 0.29) is 0 Å². The number of aryl methyl sites for hydroxylation is 1. The van der Waals surface area contributed by atoms with Gasteiger partial charge in [-0.15, -0.1) is 0 Å². The van der Waals surface area contributed by atoms with Crippen LogP contribution in [0.2, 0.25) is 0 Å². The summed E-state index contributed by atoms with van der Waals surface area (Å²) in [6.45, 7) is 2.70. The predicted molar refractivity (Wildman–Crippen MR) is 92.1 cm³/mol.